The Kier molecular flexibility index (Phi) is 3.87. The largest absolute Gasteiger partial charge is 0.492 e. The van der Waals surface area contributed by atoms with E-state index in [1.165, 1.54) is 0 Å². The molecule has 1 heterocycles. The summed E-state index contributed by atoms with van der Waals surface area (Å²) in [6, 6.07) is 14.9. The molecule has 1 atom stereocenters. The number of carbonyl (C=O) groups excluding carboxylic acids is 1. The Balaban J connectivity index is 1.75. The average Bonchev–Trinajstić information content (AvgIpc) is 2.53. The van der Waals surface area contributed by atoms with Crippen molar-refractivity contribution in [3.8, 4) is 11.5 Å². The summed E-state index contributed by atoms with van der Waals surface area (Å²) in [5.74, 6) is 1.26. The normalized spacial score (nSPS) is 16.9. The van der Waals surface area contributed by atoms with Crippen molar-refractivity contribution in [3.63, 3.8) is 0 Å². The number of nitrogen functional groups attached to an aromatic ring is 1. The van der Waals surface area contributed by atoms with Gasteiger partial charge < -0.3 is 20.1 Å². The number of fused-ring (bicyclic) bond motifs is 1. The van der Waals surface area contributed by atoms with Gasteiger partial charge in [0, 0.05) is 0 Å². The zero-order valence-electron chi connectivity index (χ0n) is 12.4. The minimum atomic E-state index is -0.547. The maximum absolute atomic E-state index is 12.3. The highest BCUT2D eigenvalue weighted by molar-refractivity contribution is 6.01. The van der Waals surface area contributed by atoms with Crippen LogP contribution in [0.3, 0.4) is 0 Å². The summed E-state index contributed by atoms with van der Waals surface area (Å²) in [7, 11) is 0. The van der Waals surface area contributed by atoms with E-state index < -0.39 is 6.10 Å². The lowest BCUT2D eigenvalue weighted by atomic mass is 10.1. The third kappa shape index (κ3) is 2.70. The van der Waals surface area contributed by atoms with Crippen molar-refractivity contribution < 1.29 is 14.3 Å². The molecule has 0 radical (unpaired) electrons. The third-order valence-corrected chi connectivity index (χ3v) is 3.55. The average molecular weight is 298 g/mol. The highest BCUT2D eigenvalue weighted by Gasteiger charge is 2.32. The lowest BCUT2D eigenvalue weighted by molar-refractivity contribution is -0.125. The molecule has 0 spiro atoms. The first-order chi connectivity index (χ1) is 10.7. The summed E-state index contributed by atoms with van der Waals surface area (Å²) < 4.78 is 11.3. The van der Waals surface area contributed by atoms with Crippen molar-refractivity contribution >= 4 is 17.3 Å². The van der Waals surface area contributed by atoms with Crippen LogP contribution in [0.25, 0.3) is 0 Å². The van der Waals surface area contributed by atoms with Gasteiger partial charge in [0.25, 0.3) is 5.91 Å². The van der Waals surface area contributed by atoms with Crippen molar-refractivity contribution in [2.24, 2.45) is 0 Å². The fourth-order valence-corrected chi connectivity index (χ4v) is 2.45. The van der Waals surface area contributed by atoms with E-state index in [0.717, 1.165) is 5.75 Å². The van der Waals surface area contributed by atoms with Gasteiger partial charge in [-0.3, -0.25) is 4.79 Å². The molecule has 1 unspecified atom stereocenters. The monoisotopic (exact) mass is 298 g/mol. The smallest absolute Gasteiger partial charge is 0.267 e. The molecule has 0 bridgehead atoms. The molecule has 3 rings (SSSR count). The van der Waals surface area contributed by atoms with Gasteiger partial charge in [0.15, 0.2) is 11.9 Å². The second-order valence-electron chi connectivity index (χ2n) is 5.11. The number of benzene rings is 2. The van der Waals surface area contributed by atoms with Gasteiger partial charge in [-0.15, -0.1) is 0 Å². The Morgan fingerprint density at radius 3 is 2.73 bits per heavy atom. The van der Waals surface area contributed by atoms with Crippen LogP contribution in [0.1, 0.15) is 6.92 Å². The molecule has 5 heteroatoms. The van der Waals surface area contributed by atoms with Crippen molar-refractivity contribution in [2.75, 3.05) is 23.8 Å². The highest BCUT2D eigenvalue weighted by atomic mass is 16.5. The van der Waals surface area contributed by atoms with Crippen molar-refractivity contribution in [1.82, 2.24) is 0 Å². The van der Waals surface area contributed by atoms with E-state index in [1.54, 1.807) is 17.9 Å². The van der Waals surface area contributed by atoms with Gasteiger partial charge in [-0.25, -0.2) is 0 Å². The first-order valence-corrected chi connectivity index (χ1v) is 7.21. The summed E-state index contributed by atoms with van der Waals surface area (Å²) in [5, 5.41) is 0. The quantitative estimate of drug-likeness (QED) is 0.881. The SMILES string of the molecule is CC1Oc2c(N)cccc2N(CCOc2ccccc2)C1=O. The van der Waals surface area contributed by atoms with E-state index in [-0.39, 0.29) is 5.91 Å². The molecule has 0 fully saturated rings. The molecule has 1 amide bonds. The molecule has 1 aliphatic rings. The Morgan fingerprint density at radius 2 is 1.95 bits per heavy atom. The molecule has 2 aromatic carbocycles. The molecular formula is C17H18N2O3. The summed E-state index contributed by atoms with van der Waals surface area (Å²) in [5.41, 5.74) is 7.16. The summed E-state index contributed by atoms with van der Waals surface area (Å²) >= 11 is 0. The zero-order chi connectivity index (χ0) is 15.5. The van der Waals surface area contributed by atoms with Gasteiger partial charge in [-0.05, 0) is 31.2 Å². The van der Waals surface area contributed by atoms with Crippen molar-refractivity contribution in [1.29, 1.82) is 0 Å². The Bertz CT molecular complexity index is 673. The summed E-state index contributed by atoms with van der Waals surface area (Å²) in [6.07, 6.45) is -0.547. The topological polar surface area (TPSA) is 64.8 Å². The van der Waals surface area contributed by atoms with Crippen LogP contribution in [0.2, 0.25) is 0 Å². The van der Waals surface area contributed by atoms with Crippen LogP contribution in [-0.2, 0) is 4.79 Å². The molecule has 2 N–H and O–H groups in total. The second kappa shape index (κ2) is 5.97. The van der Waals surface area contributed by atoms with Gasteiger partial charge in [-0.2, -0.15) is 0 Å². The molecule has 114 valence electrons. The molecule has 2 aromatic rings. The number of carbonyl (C=O) groups is 1. The predicted octanol–water partition coefficient (Wildman–Crippen LogP) is 2.46. The van der Waals surface area contributed by atoms with Crippen LogP contribution in [0.15, 0.2) is 48.5 Å². The summed E-state index contributed by atoms with van der Waals surface area (Å²) in [4.78, 5) is 14.0. The fraction of sp³-hybridized carbons (Fsp3) is 0.235. The molecule has 0 aliphatic carbocycles. The van der Waals surface area contributed by atoms with Gasteiger partial charge in [0.2, 0.25) is 0 Å². The van der Waals surface area contributed by atoms with E-state index in [4.69, 9.17) is 15.2 Å². The number of anilines is 2. The number of ether oxygens (including phenoxy) is 2. The standard InChI is InChI=1S/C17H18N2O3/c1-12-17(20)19(10-11-21-13-6-3-2-4-7-13)15-9-5-8-14(18)16(15)22-12/h2-9,12H,10-11,18H2,1H3. The van der Waals surface area contributed by atoms with Crippen LogP contribution >= 0.6 is 0 Å². The molecule has 0 aromatic heterocycles. The number of hydrogen-bond acceptors (Lipinski definition) is 4. The zero-order valence-corrected chi connectivity index (χ0v) is 12.4. The third-order valence-electron chi connectivity index (χ3n) is 3.55. The predicted molar refractivity (Wildman–Crippen MR) is 85.2 cm³/mol. The van der Waals surface area contributed by atoms with Crippen LogP contribution in [-0.4, -0.2) is 25.2 Å². The Labute approximate surface area is 129 Å². The van der Waals surface area contributed by atoms with Crippen molar-refractivity contribution in [2.45, 2.75) is 13.0 Å². The Hall–Kier alpha value is -2.69. The minimum absolute atomic E-state index is 0.0882. The van der Waals surface area contributed by atoms with E-state index in [2.05, 4.69) is 0 Å². The van der Waals surface area contributed by atoms with E-state index >= 15 is 0 Å². The molecule has 22 heavy (non-hydrogen) atoms. The van der Waals surface area contributed by atoms with Crippen LogP contribution < -0.4 is 20.1 Å². The number of nitrogens with two attached hydrogens (primary N) is 1. The van der Waals surface area contributed by atoms with Crippen LogP contribution in [0, 0.1) is 0 Å². The number of rotatable bonds is 4. The minimum Gasteiger partial charge on any atom is -0.492 e. The molecule has 1 aliphatic heterocycles. The van der Waals surface area contributed by atoms with Crippen molar-refractivity contribution in [3.05, 3.63) is 48.5 Å². The molecule has 5 nitrogen and oxygen atoms in total. The van der Waals surface area contributed by atoms with E-state index in [0.29, 0.717) is 30.3 Å². The number of hydrogen-bond donors (Lipinski definition) is 1. The number of nitrogens with zero attached hydrogens (tertiary/aromatic N) is 1. The maximum atomic E-state index is 12.3. The number of para-hydroxylation sites is 2. The van der Waals surface area contributed by atoms with Crippen LogP contribution in [0.4, 0.5) is 11.4 Å². The second-order valence-corrected chi connectivity index (χ2v) is 5.11. The molecular weight excluding hydrogens is 280 g/mol. The first-order valence-electron chi connectivity index (χ1n) is 7.21. The van der Waals surface area contributed by atoms with E-state index in [1.807, 2.05) is 42.5 Å². The van der Waals surface area contributed by atoms with Crippen LogP contribution in [0.5, 0.6) is 11.5 Å². The van der Waals surface area contributed by atoms with E-state index in [9.17, 15) is 4.79 Å². The van der Waals surface area contributed by atoms with Gasteiger partial charge >= 0.3 is 0 Å². The van der Waals surface area contributed by atoms with Gasteiger partial charge in [0.1, 0.15) is 12.4 Å². The first kappa shape index (κ1) is 14.3. The van der Waals surface area contributed by atoms with Gasteiger partial charge in [0.05, 0.1) is 17.9 Å². The maximum Gasteiger partial charge on any atom is 0.267 e. The lowest BCUT2D eigenvalue weighted by Crippen LogP contribution is -2.46. The molecule has 0 saturated carbocycles. The number of amides is 1. The Morgan fingerprint density at radius 1 is 1.18 bits per heavy atom. The molecule has 0 saturated heterocycles. The highest BCUT2D eigenvalue weighted by Crippen LogP contribution is 2.38. The fourth-order valence-electron chi connectivity index (χ4n) is 2.45. The summed E-state index contributed by atoms with van der Waals surface area (Å²) in [6.45, 7) is 2.57. The van der Waals surface area contributed by atoms with Gasteiger partial charge in [-0.1, -0.05) is 24.3 Å². The lowest BCUT2D eigenvalue weighted by Gasteiger charge is -2.33.